The summed E-state index contributed by atoms with van der Waals surface area (Å²) in [5, 5.41) is 11.5. The maximum Gasteiger partial charge on any atom is 0.416 e. The van der Waals surface area contributed by atoms with E-state index in [0.717, 1.165) is 57.3 Å². The molecular formula is C25H35F3N2O2. The van der Waals surface area contributed by atoms with Crippen molar-refractivity contribution >= 4 is 5.91 Å². The minimum atomic E-state index is -4.48. The van der Waals surface area contributed by atoms with Crippen LogP contribution in [0.25, 0.3) is 0 Å². The Kier molecular flexibility index (Phi) is 7.15. The summed E-state index contributed by atoms with van der Waals surface area (Å²) in [6.45, 7) is 3.44. The molecule has 1 amide bonds. The summed E-state index contributed by atoms with van der Waals surface area (Å²) in [7, 11) is 0. The third-order valence-electron chi connectivity index (χ3n) is 7.73. The molecule has 178 valence electrons. The van der Waals surface area contributed by atoms with Crippen molar-refractivity contribution in [3.8, 4) is 0 Å². The average molecular weight is 453 g/mol. The highest BCUT2D eigenvalue weighted by molar-refractivity contribution is 5.85. The molecule has 1 atom stereocenters. The summed E-state index contributed by atoms with van der Waals surface area (Å²) in [5.41, 5.74) is -1.77. The molecule has 0 bridgehead atoms. The zero-order valence-electron chi connectivity index (χ0n) is 18.7. The van der Waals surface area contributed by atoms with Crippen molar-refractivity contribution < 1.29 is 23.1 Å². The van der Waals surface area contributed by atoms with Crippen LogP contribution in [-0.4, -0.2) is 58.6 Å². The van der Waals surface area contributed by atoms with E-state index >= 15 is 0 Å². The predicted molar refractivity (Wildman–Crippen MR) is 117 cm³/mol. The van der Waals surface area contributed by atoms with Crippen molar-refractivity contribution in [3.05, 3.63) is 35.4 Å². The summed E-state index contributed by atoms with van der Waals surface area (Å²) in [6.07, 6.45) is 4.48. The van der Waals surface area contributed by atoms with Crippen LogP contribution in [0.4, 0.5) is 13.2 Å². The lowest BCUT2D eigenvalue weighted by Crippen LogP contribution is -2.52. The molecule has 3 aliphatic rings. The number of halogens is 3. The number of hydrogen-bond acceptors (Lipinski definition) is 3. The Labute approximate surface area is 188 Å². The Hall–Kier alpha value is -1.60. The molecule has 4 nitrogen and oxygen atoms in total. The number of amides is 1. The van der Waals surface area contributed by atoms with Crippen LogP contribution >= 0.6 is 0 Å². The second kappa shape index (κ2) is 9.72. The van der Waals surface area contributed by atoms with Gasteiger partial charge in [0.2, 0.25) is 5.91 Å². The van der Waals surface area contributed by atoms with Gasteiger partial charge in [-0.1, -0.05) is 43.9 Å². The first-order chi connectivity index (χ1) is 15.3. The van der Waals surface area contributed by atoms with E-state index < -0.39 is 23.3 Å². The molecule has 0 aromatic heterocycles. The minimum absolute atomic E-state index is 0.217. The molecule has 1 aromatic carbocycles. The van der Waals surface area contributed by atoms with Crippen molar-refractivity contribution in [2.75, 3.05) is 26.2 Å². The molecule has 2 aliphatic heterocycles. The van der Waals surface area contributed by atoms with Gasteiger partial charge in [0.15, 0.2) is 0 Å². The number of aliphatic hydroxyl groups is 1. The van der Waals surface area contributed by atoms with E-state index in [2.05, 4.69) is 4.90 Å². The number of piperidine rings is 2. The number of rotatable bonds is 4. The van der Waals surface area contributed by atoms with E-state index in [1.165, 1.54) is 25.3 Å². The largest absolute Gasteiger partial charge is 0.416 e. The first-order valence-corrected chi connectivity index (χ1v) is 12.2. The normalized spacial score (nSPS) is 24.3. The second-order valence-electron chi connectivity index (χ2n) is 9.87. The highest BCUT2D eigenvalue weighted by atomic mass is 19.4. The highest BCUT2D eigenvalue weighted by Gasteiger charge is 2.46. The number of benzene rings is 1. The highest BCUT2D eigenvalue weighted by Crippen LogP contribution is 2.43. The third kappa shape index (κ3) is 5.14. The molecule has 2 saturated heterocycles. The first kappa shape index (κ1) is 23.6. The fraction of sp³-hybridized carbons (Fsp3) is 0.720. The van der Waals surface area contributed by atoms with Gasteiger partial charge in [0, 0.05) is 19.1 Å². The predicted octanol–water partition coefficient (Wildman–Crippen LogP) is 4.96. The minimum Gasteiger partial charge on any atom is -0.389 e. The van der Waals surface area contributed by atoms with Gasteiger partial charge in [-0.05, 0) is 63.2 Å². The molecule has 3 fully saturated rings. The van der Waals surface area contributed by atoms with Crippen molar-refractivity contribution in [3.63, 3.8) is 0 Å². The number of carbonyl (C=O) groups excluding carboxylic acids is 1. The van der Waals surface area contributed by atoms with Gasteiger partial charge in [0.05, 0.1) is 17.1 Å². The smallest absolute Gasteiger partial charge is 0.389 e. The molecule has 0 spiro atoms. The Morgan fingerprint density at radius 3 is 2.22 bits per heavy atom. The molecule has 1 aliphatic carbocycles. The van der Waals surface area contributed by atoms with Gasteiger partial charge in [-0.3, -0.25) is 4.79 Å². The fourth-order valence-corrected chi connectivity index (χ4v) is 5.95. The average Bonchev–Trinajstić information content (AvgIpc) is 2.80. The summed E-state index contributed by atoms with van der Waals surface area (Å²) < 4.78 is 40.1. The van der Waals surface area contributed by atoms with Crippen molar-refractivity contribution in [2.45, 2.75) is 87.9 Å². The van der Waals surface area contributed by atoms with Gasteiger partial charge in [-0.2, -0.15) is 13.2 Å². The van der Waals surface area contributed by atoms with Gasteiger partial charge in [0.1, 0.15) is 0 Å². The third-order valence-corrected chi connectivity index (χ3v) is 7.73. The Balaban J connectivity index is 1.55. The maximum atomic E-state index is 13.7. The second-order valence-corrected chi connectivity index (χ2v) is 9.87. The molecule has 1 saturated carbocycles. The van der Waals surface area contributed by atoms with E-state index in [1.54, 1.807) is 11.0 Å². The van der Waals surface area contributed by atoms with Crippen molar-refractivity contribution in [1.82, 2.24) is 9.80 Å². The molecule has 4 rings (SSSR count). The molecule has 7 heteroatoms. The summed E-state index contributed by atoms with van der Waals surface area (Å²) in [4.78, 5) is 18.0. The quantitative estimate of drug-likeness (QED) is 0.702. The van der Waals surface area contributed by atoms with Crippen LogP contribution in [0.1, 0.15) is 81.3 Å². The number of carbonyl (C=O) groups is 1. The monoisotopic (exact) mass is 452 g/mol. The van der Waals surface area contributed by atoms with Crippen LogP contribution in [0.15, 0.2) is 24.3 Å². The first-order valence-electron chi connectivity index (χ1n) is 12.2. The molecule has 1 N–H and O–H groups in total. The number of nitrogens with zero attached hydrogens (tertiary/aromatic N) is 2. The Morgan fingerprint density at radius 1 is 0.969 bits per heavy atom. The Bertz CT molecular complexity index is 778. The van der Waals surface area contributed by atoms with Crippen molar-refractivity contribution in [1.29, 1.82) is 0 Å². The van der Waals surface area contributed by atoms with E-state index in [0.29, 0.717) is 32.0 Å². The number of likely N-dealkylation sites (tertiary alicyclic amines) is 2. The molecule has 0 radical (unpaired) electrons. The zero-order valence-corrected chi connectivity index (χ0v) is 18.7. The van der Waals surface area contributed by atoms with E-state index in [4.69, 9.17) is 0 Å². The topological polar surface area (TPSA) is 43.8 Å². The van der Waals surface area contributed by atoms with Crippen LogP contribution < -0.4 is 0 Å². The van der Waals surface area contributed by atoms with Crippen LogP contribution in [-0.2, 0) is 11.0 Å². The zero-order chi connectivity index (χ0) is 22.8. The van der Waals surface area contributed by atoms with Crippen LogP contribution in [0.5, 0.6) is 0 Å². The van der Waals surface area contributed by atoms with Crippen LogP contribution in [0.2, 0.25) is 0 Å². The lowest BCUT2D eigenvalue weighted by atomic mass is 9.71. The number of alkyl halides is 3. The molecule has 1 aromatic rings. The van der Waals surface area contributed by atoms with Gasteiger partial charge >= 0.3 is 6.18 Å². The van der Waals surface area contributed by atoms with E-state index in [9.17, 15) is 23.1 Å². The molecule has 2 heterocycles. The SMILES string of the molecule is O=C(C(c1cccc(C(F)(F)F)c1)C1(O)CCCCC1)N1CCC(N2CCCCC2)CC1. The fourth-order valence-electron chi connectivity index (χ4n) is 5.95. The lowest BCUT2D eigenvalue weighted by Gasteiger charge is -2.44. The maximum absolute atomic E-state index is 13.7. The Morgan fingerprint density at radius 2 is 1.59 bits per heavy atom. The summed E-state index contributed by atoms with van der Waals surface area (Å²) >= 11 is 0. The summed E-state index contributed by atoms with van der Waals surface area (Å²) in [5.74, 6) is -1.16. The van der Waals surface area contributed by atoms with Crippen molar-refractivity contribution in [2.24, 2.45) is 0 Å². The van der Waals surface area contributed by atoms with E-state index in [-0.39, 0.29) is 11.5 Å². The lowest BCUT2D eigenvalue weighted by molar-refractivity contribution is -0.144. The molecule has 1 unspecified atom stereocenters. The van der Waals surface area contributed by atoms with Crippen LogP contribution in [0, 0.1) is 0 Å². The van der Waals surface area contributed by atoms with Gasteiger partial charge in [0.25, 0.3) is 0 Å². The molecular weight excluding hydrogens is 417 g/mol. The van der Waals surface area contributed by atoms with Gasteiger partial charge in [-0.25, -0.2) is 0 Å². The summed E-state index contributed by atoms with van der Waals surface area (Å²) in [6, 6.07) is 5.50. The van der Waals surface area contributed by atoms with Gasteiger partial charge < -0.3 is 14.9 Å². The van der Waals surface area contributed by atoms with Gasteiger partial charge in [-0.15, -0.1) is 0 Å². The number of hydrogen-bond donors (Lipinski definition) is 1. The van der Waals surface area contributed by atoms with E-state index in [1.807, 2.05) is 0 Å². The standard InChI is InChI=1S/C25H35F3N2O2/c26-25(27,28)20-9-7-8-19(18-20)22(24(32)12-3-1-4-13-24)23(31)30-16-10-21(11-17-30)29-14-5-2-6-15-29/h7-9,18,21-22,32H,1-6,10-17H2. The molecule has 32 heavy (non-hydrogen) atoms. The van der Waals surface area contributed by atoms with Crippen LogP contribution in [0.3, 0.4) is 0 Å².